The van der Waals surface area contributed by atoms with Crippen molar-refractivity contribution >= 4 is 28.5 Å². The highest BCUT2D eigenvalue weighted by molar-refractivity contribution is 6.30. The van der Waals surface area contributed by atoms with Crippen LogP contribution in [0.25, 0.3) is 27.8 Å². The molecular weight excluding hydrogens is 380 g/mol. The summed E-state index contributed by atoms with van der Waals surface area (Å²) in [6, 6.07) is 18.8. The quantitative estimate of drug-likeness (QED) is 0.424. The van der Waals surface area contributed by atoms with Crippen LogP contribution in [-0.4, -0.2) is 20.6 Å². The fraction of sp³-hybridized carbons (Fsp3) is 0.250. The SMILES string of the molecule is Clc1cccc(-n2cc(-c3ccccc3)c3c(NC4CCCCC4)ncnc32)c1. The van der Waals surface area contributed by atoms with E-state index in [0.717, 1.165) is 33.7 Å². The molecule has 0 aliphatic heterocycles. The maximum Gasteiger partial charge on any atom is 0.150 e. The summed E-state index contributed by atoms with van der Waals surface area (Å²) in [5.41, 5.74) is 4.16. The maximum atomic E-state index is 6.27. The molecule has 1 aliphatic rings. The third-order valence-electron chi connectivity index (χ3n) is 5.70. The van der Waals surface area contributed by atoms with E-state index in [1.54, 1.807) is 6.33 Å². The minimum absolute atomic E-state index is 0.472. The Kier molecular flexibility index (Phi) is 4.94. The van der Waals surface area contributed by atoms with Gasteiger partial charge in [0, 0.05) is 28.5 Å². The lowest BCUT2D eigenvalue weighted by Crippen LogP contribution is -2.23. The molecule has 4 nitrogen and oxygen atoms in total. The first-order chi connectivity index (χ1) is 14.3. The minimum atomic E-state index is 0.472. The second-order valence-electron chi connectivity index (χ2n) is 7.66. The molecule has 0 bridgehead atoms. The van der Waals surface area contributed by atoms with Gasteiger partial charge in [0.05, 0.1) is 5.39 Å². The van der Waals surface area contributed by atoms with Crippen molar-refractivity contribution in [3.05, 3.63) is 72.1 Å². The summed E-state index contributed by atoms with van der Waals surface area (Å²) in [6.07, 6.45) is 10.1. The first-order valence-corrected chi connectivity index (χ1v) is 10.6. The van der Waals surface area contributed by atoms with Crippen LogP contribution in [0.5, 0.6) is 0 Å². The molecule has 1 N–H and O–H groups in total. The van der Waals surface area contributed by atoms with E-state index in [1.165, 1.54) is 32.1 Å². The Morgan fingerprint density at radius 1 is 0.931 bits per heavy atom. The van der Waals surface area contributed by atoms with E-state index in [2.05, 4.69) is 56.4 Å². The van der Waals surface area contributed by atoms with E-state index in [-0.39, 0.29) is 0 Å². The second kappa shape index (κ2) is 7.88. The first-order valence-electron chi connectivity index (χ1n) is 10.2. The highest BCUT2D eigenvalue weighted by Crippen LogP contribution is 2.36. The largest absolute Gasteiger partial charge is 0.367 e. The molecule has 0 radical (unpaired) electrons. The second-order valence-corrected chi connectivity index (χ2v) is 8.10. The van der Waals surface area contributed by atoms with Gasteiger partial charge >= 0.3 is 0 Å². The van der Waals surface area contributed by atoms with Crippen LogP contribution in [0.1, 0.15) is 32.1 Å². The number of hydrogen-bond donors (Lipinski definition) is 1. The molecule has 0 atom stereocenters. The number of benzene rings is 2. The summed E-state index contributed by atoms with van der Waals surface area (Å²) in [5.74, 6) is 0.918. The maximum absolute atomic E-state index is 6.27. The number of anilines is 1. The molecule has 2 aromatic carbocycles. The zero-order valence-electron chi connectivity index (χ0n) is 16.2. The summed E-state index contributed by atoms with van der Waals surface area (Å²) in [4.78, 5) is 9.31. The van der Waals surface area contributed by atoms with Crippen molar-refractivity contribution in [2.24, 2.45) is 0 Å². The topological polar surface area (TPSA) is 42.7 Å². The predicted octanol–water partition coefficient (Wildman–Crippen LogP) is 6.49. The third kappa shape index (κ3) is 3.60. The Morgan fingerprint density at radius 2 is 1.76 bits per heavy atom. The van der Waals surface area contributed by atoms with Gasteiger partial charge in [-0.15, -0.1) is 0 Å². The molecule has 1 saturated carbocycles. The Labute approximate surface area is 175 Å². The molecule has 4 aromatic rings. The van der Waals surface area contributed by atoms with Crippen LogP contribution in [0.3, 0.4) is 0 Å². The summed E-state index contributed by atoms with van der Waals surface area (Å²) in [7, 11) is 0. The first kappa shape index (κ1) is 18.2. The highest BCUT2D eigenvalue weighted by Gasteiger charge is 2.20. The monoisotopic (exact) mass is 402 g/mol. The summed E-state index contributed by atoms with van der Waals surface area (Å²) in [5, 5.41) is 5.49. The molecule has 0 saturated heterocycles. The Balaban J connectivity index is 1.70. The number of rotatable bonds is 4. The lowest BCUT2D eigenvalue weighted by Gasteiger charge is -2.23. The molecule has 1 aliphatic carbocycles. The molecule has 0 spiro atoms. The normalized spacial score (nSPS) is 14.9. The lowest BCUT2D eigenvalue weighted by molar-refractivity contribution is 0.462. The number of nitrogens with zero attached hydrogens (tertiary/aromatic N) is 3. The summed E-state index contributed by atoms with van der Waals surface area (Å²) in [6.45, 7) is 0. The molecule has 0 amide bonds. The third-order valence-corrected chi connectivity index (χ3v) is 5.94. The molecular formula is C24H23ClN4. The number of nitrogens with one attached hydrogen (secondary N) is 1. The van der Waals surface area contributed by atoms with E-state index in [1.807, 2.05) is 24.3 Å². The van der Waals surface area contributed by atoms with E-state index in [4.69, 9.17) is 11.6 Å². The van der Waals surface area contributed by atoms with Gasteiger partial charge in [0.15, 0.2) is 5.65 Å². The molecule has 0 unspecified atom stereocenters. The average Bonchev–Trinajstić information content (AvgIpc) is 3.16. The Bertz CT molecular complexity index is 1130. The van der Waals surface area contributed by atoms with Gasteiger partial charge in [-0.05, 0) is 36.6 Å². The molecule has 5 heteroatoms. The predicted molar refractivity (Wildman–Crippen MR) is 120 cm³/mol. The van der Waals surface area contributed by atoms with Gasteiger partial charge in [-0.25, -0.2) is 9.97 Å². The number of halogens is 1. The zero-order valence-corrected chi connectivity index (χ0v) is 16.9. The number of fused-ring (bicyclic) bond motifs is 1. The zero-order chi connectivity index (χ0) is 19.6. The highest BCUT2D eigenvalue weighted by atomic mass is 35.5. The smallest absolute Gasteiger partial charge is 0.150 e. The van der Waals surface area contributed by atoms with Crippen molar-refractivity contribution in [1.82, 2.24) is 14.5 Å². The van der Waals surface area contributed by atoms with Crippen LogP contribution in [0.15, 0.2) is 67.1 Å². The fourth-order valence-electron chi connectivity index (χ4n) is 4.27. The van der Waals surface area contributed by atoms with Crippen LogP contribution in [0.2, 0.25) is 5.02 Å². The summed E-state index contributed by atoms with van der Waals surface area (Å²) < 4.78 is 2.11. The Hall–Kier alpha value is -2.85. The van der Waals surface area contributed by atoms with Crippen LogP contribution >= 0.6 is 11.6 Å². The minimum Gasteiger partial charge on any atom is -0.367 e. The van der Waals surface area contributed by atoms with Crippen molar-refractivity contribution in [1.29, 1.82) is 0 Å². The number of hydrogen-bond acceptors (Lipinski definition) is 3. The molecule has 1 fully saturated rings. The van der Waals surface area contributed by atoms with E-state index in [0.29, 0.717) is 11.1 Å². The van der Waals surface area contributed by atoms with Gasteiger partial charge in [0.25, 0.3) is 0 Å². The van der Waals surface area contributed by atoms with Crippen LogP contribution in [-0.2, 0) is 0 Å². The van der Waals surface area contributed by atoms with E-state index in [9.17, 15) is 0 Å². The number of aromatic nitrogens is 3. The summed E-state index contributed by atoms with van der Waals surface area (Å²) >= 11 is 6.27. The fourth-order valence-corrected chi connectivity index (χ4v) is 4.46. The lowest BCUT2D eigenvalue weighted by atomic mass is 9.95. The van der Waals surface area contributed by atoms with E-state index >= 15 is 0 Å². The average molecular weight is 403 g/mol. The van der Waals surface area contributed by atoms with Crippen LogP contribution in [0, 0.1) is 0 Å². The van der Waals surface area contributed by atoms with Crippen molar-refractivity contribution in [2.45, 2.75) is 38.1 Å². The van der Waals surface area contributed by atoms with Crippen molar-refractivity contribution in [3.63, 3.8) is 0 Å². The van der Waals surface area contributed by atoms with Gasteiger partial charge in [-0.2, -0.15) is 0 Å². The molecule has 2 aromatic heterocycles. The van der Waals surface area contributed by atoms with Crippen molar-refractivity contribution < 1.29 is 0 Å². The molecule has 146 valence electrons. The Morgan fingerprint density at radius 3 is 2.55 bits per heavy atom. The standard InChI is InChI=1S/C24H23ClN4/c25-18-10-7-13-20(14-18)29-15-21(17-8-3-1-4-9-17)22-23(26-16-27-24(22)29)28-19-11-5-2-6-12-19/h1,3-4,7-10,13-16,19H,2,5-6,11-12H2,(H,26,27,28). The van der Waals surface area contributed by atoms with Crippen LogP contribution < -0.4 is 5.32 Å². The van der Waals surface area contributed by atoms with Gasteiger partial charge in [-0.3, -0.25) is 0 Å². The van der Waals surface area contributed by atoms with Crippen LogP contribution in [0.4, 0.5) is 5.82 Å². The van der Waals surface area contributed by atoms with Gasteiger partial charge < -0.3 is 9.88 Å². The van der Waals surface area contributed by atoms with Crippen molar-refractivity contribution in [2.75, 3.05) is 5.32 Å². The van der Waals surface area contributed by atoms with Gasteiger partial charge in [0.1, 0.15) is 12.1 Å². The van der Waals surface area contributed by atoms with Gasteiger partial charge in [0.2, 0.25) is 0 Å². The molecule has 5 rings (SSSR count). The van der Waals surface area contributed by atoms with Gasteiger partial charge in [-0.1, -0.05) is 67.3 Å². The molecule has 2 heterocycles. The van der Waals surface area contributed by atoms with E-state index < -0.39 is 0 Å². The van der Waals surface area contributed by atoms with Crippen molar-refractivity contribution in [3.8, 4) is 16.8 Å². The molecule has 29 heavy (non-hydrogen) atoms.